The van der Waals surface area contributed by atoms with Crippen molar-refractivity contribution < 1.29 is 24.5 Å². The minimum absolute atomic E-state index is 0.0108. The normalized spacial score (nSPS) is 18.1. The first-order valence-corrected chi connectivity index (χ1v) is 10.2. The zero-order valence-corrected chi connectivity index (χ0v) is 17.6. The highest BCUT2D eigenvalue weighted by molar-refractivity contribution is 6.46. The van der Waals surface area contributed by atoms with E-state index in [1.807, 2.05) is 6.92 Å². The van der Waals surface area contributed by atoms with Gasteiger partial charge >= 0.3 is 0 Å². The van der Waals surface area contributed by atoms with E-state index in [0.717, 1.165) is 19.3 Å². The number of aliphatic hydroxyl groups is 1. The van der Waals surface area contributed by atoms with E-state index in [1.165, 1.54) is 18.1 Å². The number of Topliss-reactive ketones (excluding diaryl/α,β-unsaturated/α-hetero) is 1. The van der Waals surface area contributed by atoms with Gasteiger partial charge in [-0.25, -0.2) is 0 Å². The third-order valence-corrected chi connectivity index (χ3v) is 5.43. The second-order valence-corrected chi connectivity index (χ2v) is 7.57. The number of carbonyl (C=O) groups excluding carboxylic acids is 2. The van der Waals surface area contributed by atoms with E-state index in [-0.39, 0.29) is 22.8 Å². The molecule has 2 aromatic carbocycles. The molecule has 1 heterocycles. The smallest absolute Gasteiger partial charge is 0.295 e. The molecule has 1 amide bonds. The Hall–Kier alpha value is -2.99. The molecule has 0 aliphatic carbocycles. The predicted molar refractivity (Wildman–Crippen MR) is 115 cm³/mol. The number of carbonyl (C=O) groups is 2. The molecule has 0 saturated carbocycles. The van der Waals surface area contributed by atoms with E-state index < -0.39 is 17.7 Å². The Morgan fingerprint density at radius 2 is 1.83 bits per heavy atom. The molecule has 30 heavy (non-hydrogen) atoms. The highest BCUT2D eigenvalue weighted by Crippen LogP contribution is 2.41. The van der Waals surface area contributed by atoms with Crippen molar-refractivity contribution in [2.24, 2.45) is 0 Å². The Balaban J connectivity index is 2.13. The number of hydrogen-bond acceptors (Lipinski definition) is 5. The Morgan fingerprint density at radius 3 is 2.43 bits per heavy atom. The van der Waals surface area contributed by atoms with Crippen LogP contribution < -0.4 is 4.74 Å². The Kier molecular flexibility index (Phi) is 6.67. The van der Waals surface area contributed by atoms with Crippen LogP contribution in [0.25, 0.3) is 5.76 Å². The zero-order valence-electron chi connectivity index (χ0n) is 16.9. The molecule has 1 unspecified atom stereocenters. The Bertz CT molecular complexity index is 984. The van der Waals surface area contributed by atoms with Crippen molar-refractivity contribution in [3.8, 4) is 11.5 Å². The number of amides is 1. The van der Waals surface area contributed by atoms with Crippen LogP contribution in [-0.4, -0.2) is 40.5 Å². The quantitative estimate of drug-likeness (QED) is 0.289. The van der Waals surface area contributed by atoms with E-state index in [1.54, 1.807) is 36.4 Å². The van der Waals surface area contributed by atoms with Crippen LogP contribution >= 0.6 is 11.6 Å². The number of aliphatic hydroxyl groups excluding tert-OH is 1. The molecule has 1 aliphatic rings. The first-order chi connectivity index (χ1) is 14.4. The number of nitrogens with zero attached hydrogens (tertiary/aromatic N) is 1. The Labute approximate surface area is 180 Å². The van der Waals surface area contributed by atoms with Gasteiger partial charge in [-0.1, -0.05) is 37.4 Å². The van der Waals surface area contributed by atoms with E-state index in [4.69, 9.17) is 16.3 Å². The third kappa shape index (κ3) is 4.14. The number of halogens is 1. The molecule has 2 aromatic rings. The predicted octanol–water partition coefficient (Wildman–Crippen LogP) is 4.67. The lowest BCUT2D eigenvalue weighted by atomic mass is 9.95. The lowest BCUT2D eigenvalue weighted by Gasteiger charge is -2.25. The molecule has 0 aromatic heterocycles. The topological polar surface area (TPSA) is 87.1 Å². The number of likely N-dealkylation sites (tertiary alicyclic amines) is 1. The summed E-state index contributed by atoms with van der Waals surface area (Å²) in [5, 5.41) is 21.7. The molecule has 6 nitrogen and oxygen atoms in total. The molecule has 7 heteroatoms. The SMILES string of the molecule is CCCCCN1C(=O)C(=O)/C(=C(\O)c2ccc(Cl)cc2)C1c1ccc(OC)c(O)c1. The summed E-state index contributed by atoms with van der Waals surface area (Å²) < 4.78 is 5.09. The zero-order chi connectivity index (χ0) is 21.8. The van der Waals surface area contributed by atoms with Gasteiger partial charge in [0.05, 0.1) is 18.7 Å². The van der Waals surface area contributed by atoms with Gasteiger partial charge in [0.15, 0.2) is 11.5 Å². The number of ketones is 1. The van der Waals surface area contributed by atoms with Crippen LogP contribution in [0.2, 0.25) is 5.02 Å². The number of phenols is 1. The number of ether oxygens (including phenoxy) is 1. The molecule has 2 N–H and O–H groups in total. The molecule has 1 fully saturated rings. The minimum Gasteiger partial charge on any atom is -0.507 e. The second kappa shape index (κ2) is 9.22. The first kappa shape index (κ1) is 21.7. The maximum atomic E-state index is 12.9. The van der Waals surface area contributed by atoms with Gasteiger partial charge < -0.3 is 19.8 Å². The summed E-state index contributed by atoms with van der Waals surface area (Å²) in [6.45, 7) is 2.42. The Morgan fingerprint density at radius 1 is 1.13 bits per heavy atom. The van der Waals surface area contributed by atoms with Crippen LogP contribution in [0.5, 0.6) is 11.5 Å². The monoisotopic (exact) mass is 429 g/mol. The van der Waals surface area contributed by atoms with Crippen molar-refractivity contribution >= 4 is 29.1 Å². The van der Waals surface area contributed by atoms with Gasteiger partial charge in [-0.05, 0) is 48.4 Å². The average molecular weight is 430 g/mol. The average Bonchev–Trinajstić information content (AvgIpc) is 2.99. The fourth-order valence-corrected chi connectivity index (χ4v) is 3.76. The molecule has 0 radical (unpaired) electrons. The summed E-state index contributed by atoms with van der Waals surface area (Å²) in [4.78, 5) is 27.2. The maximum Gasteiger partial charge on any atom is 0.295 e. The van der Waals surface area contributed by atoms with Gasteiger partial charge in [0.25, 0.3) is 11.7 Å². The molecule has 0 bridgehead atoms. The maximum absolute atomic E-state index is 12.9. The van der Waals surface area contributed by atoms with Crippen LogP contribution in [0, 0.1) is 0 Å². The molecule has 0 spiro atoms. The van der Waals surface area contributed by atoms with Crippen LogP contribution in [0.1, 0.15) is 43.4 Å². The fourth-order valence-electron chi connectivity index (χ4n) is 3.63. The van der Waals surface area contributed by atoms with Crippen LogP contribution in [-0.2, 0) is 9.59 Å². The highest BCUT2D eigenvalue weighted by Gasteiger charge is 2.45. The van der Waals surface area contributed by atoms with E-state index >= 15 is 0 Å². The van der Waals surface area contributed by atoms with Gasteiger partial charge in [-0.3, -0.25) is 9.59 Å². The number of benzene rings is 2. The van der Waals surface area contributed by atoms with Crippen molar-refractivity contribution in [3.05, 3.63) is 64.2 Å². The van der Waals surface area contributed by atoms with Crippen molar-refractivity contribution in [2.75, 3.05) is 13.7 Å². The van der Waals surface area contributed by atoms with Crippen LogP contribution in [0.15, 0.2) is 48.0 Å². The number of methoxy groups -OCH3 is 1. The summed E-state index contributed by atoms with van der Waals surface area (Å²) in [5.74, 6) is -1.52. The van der Waals surface area contributed by atoms with Gasteiger partial charge in [0.1, 0.15) is 5.76 Å². The molecular weight excluding hydrogens is 406 g/mol. The standard InChI is InChI=1S/C23H24ClNO5/c1-3-4-5-12-25-20(15-8-11-18(30-2)17(26)13-15)19(22(28)23(25)29)21(27)14-6-9-16(24)10-7-14/h6-11,13,20,26-27H,3-5,12H2,1-2H3/b21-19-. The third-order valence-electron chi connectivity index (χ3n) is 5.18. The molecule has 1 aliphatic heterocycles. The van der Waals surface area contributed by atoms with Crippen LogP contribution in [0.4, 0.5) is 0 Å². The van der Waals surface area contributed by atoms with Gasteiger partial charge in [0.2, 0.25) is 0 Å². The molecule has 1 atom stereocenters. The largest absolute Gasteiger partial charge is 0.507 e. The summed E-state index contributed by atoms with van der Waals surface area (Å²) >= 11 is 5.93. The van der Waals surface area contributed by atoms with Crippen LogP contribution in [0.3, 0.4) is 0 Å². The summed E-state index contributed by atoms with van der Waals surface area (Å²) in [5.41, 5.74) is 0.886. The summed E-state index contributed by atoms with van der Waals surface area (Å²) in [7, 11) is 1.44. The van der Waals surface area contributed by atoms with Crippen molar-refractivity contribution in [1.82, 2.24) is 4.90 Å². The lowest BCUT2D eigenvalue weighted by Crippen LogP contribution is -2.30. The van der Waals surface area contributed by atoms with Crippen molar-refractivity contribution in [1.29, 1.82) is 0 Å². The number of unbranched alkanes of at least 4 members (excludes halogenated alkanes) is 2. The first-order valence-electron chi connectivity index (χ1n) is 9.80. The van der Waals surface area contributed by atoms with Crippen molar-refractivity contribution in [2.45, 2.75) is 32.2 Å². The minimum atomic E-state index is -0.811. The number of rotatable bonds is 7. The second-order valence-electron chi connectivity index (χ2n) is 7.14. The van der Waals surface area contributed by atoms with Gasteiger partial charge in [-0.15, -0.1) is 0 Å². The van der Waals surface area contributed by atoms with E-state index in [2.05, 4.69) is 0 Å². The van der Waals surface area contributed by atoms with E-state index in [9.17, 15) is 19.8 Å². The van der Waals surface area contributed by atoms with Gasteiger partial charge in [-0.2, -0.15) is 0 Å². The van der Waals surface area contributed by atoms with Crippen molar-refractivity contribution in [3.63, 3.8) is 0 Å². The molecule has 3 rings (SSSR count). The number of hydrogen-bond donors (Lipinski definition) is 2. The number of phenolic OH excluding ortho intramolecular Hbond substituents is 1. The summed E-state index contributed by atoms with van der Waals surface area (Å²) in [6, 6.07) is 10.3. The number of aromatic hydroxyl groups is 1. The van der Waals surface area contributed by atoms with E-state index in [0.29, 0.717) is 22.7 Å². The molecule has 1 saturated heterocycles. The fraction of sp³-hybridized carbons (Fsp3) is 0.304. The molecule has 158 valence electrons. The highest BCUT2D eigenvalue weighted by atomic mass is 35.5. The molecular formula is C23H24ClNO5. The summed E-state index contributed by atoms with van der Waals surface area (Å²) in [6.07, 6.45) is 2.59. The van der Waals surface area contributed by atoms with Gasteiger partial charge in [0, 0.05) is 17.1 Å². The lowest BCUT2D eigenvalue weighted by molar-refractivity contribution is -0.139.